The van der Waals surface area contributed by atoms with Crippen molar-refractivity contribution in [1.82, 2.24) is 14.2 Å². The van der Waals surface area contributed by atoms with Crippen molar-refractivity contribution in [3.63, 3.8) is 0 Å². The van der Waals surface area contributed by atoms with E-state index in [1.807, 2.05) is 60.5 Å². The van der Waals surface area contributed by atoms with E-state index in [0.29, 0.717) is 19.5 Å². The molecule has 2 aromatic rings. The largest absolute Gasteiger partial charge is 0.367 e. The first-order valence-electron chi connectivity index (χ1n) is 10.9. The van der Waals surface area contributed by atoms with Gasteiger partial charge in [0.1, 0.15) is 5.25 Å². The maximum Gasteiger partial charge on any atom is 0.221 e. The van der Waals surface area contributed by atoms with Crippen molar-refractivity contribution in [2.45, 2.75) is 44.5 Å². The first-order chi connectivity index (χ1) is 14.9. The molecule has 2 aliphatic heterocycles. The number of carbonyl (C=O) groups is 1. The van der Waals surface area contributed by atoms with Gasteiger partial charge in [-0.05, 0) is 37.5 Å². The highest BCUT2D eigenvalue weighted by Crippen LogP contribution is 2.37. The van der Waals surface area contributed by atoms with Crippen molar-refractivity contribution in [2.75, 3.05) is 31.1 Å². The Balaban J connectivity index is 1.46. The lowest BCUT2D eigenvalue weighted by atomic mass is 10.0. The van der Waals surface area contributed by atoms with Crippen LogP contribution in [0.4, 0.5) is 5.69 Å². The van der Waals surface area contributed by atoms with E-state index in [-0.39, 0.29) is 18.5 Å². The summed E-state index contributed by atoms with van der Waals surface area (Å²) in [4.78, 5) is 20.1. The fraction of sp³-hybridized carbons (Fsp3) is 0.478. The Morgan fingerprint density at radius 3 is 2.35 bits per heavy atom. The van der Waals surface area contributed by atoms with Gasteiger partial charge in [-0.1, -0.05) is 30.3 Å². The monoisotopic (exact) mass is 442 g/mol. The molecule has 0 bridgehead atoms. The summed E-state index contributed by atoms with van der Waals surface area (Å²) in [6, 6.07) is 13.4. The van der Waals surface area contributed by atoms with Crippen LogP contribution >= 0.6 is 0 Å². The number of amides is 1. The van der Waals surface area contributed by atoms with Gasteiger partial charge in [-0.15, -0.1) is 0 Å². The fourth-order valence-electron chi connectivity index (χ4n) is 4.49. The molecule has 0 saturated carbocycles. The smallest absolute Gasteiger partial charge is 0.221 e. The van der Waals surface area contributed by atoms with E-state index >= 15 is 0 Å². The van der Waals surface area contributed by atoms with Crippen LogP contribution in [0, 0.1) is 0 Å². The number of hydrogen-bond acceptors (Lipinski definition) is 5. The van der Waals surface area contributed by atoms with Gasteiger partial charge in [-0.2, -0.15) is 4.31 Å². The molecular formula is C23H30N4O3S. The third-order valence-corrected chi connectivity index (χ3v) is 8.78. The van der Waals surface area contributed by atoms with Crippen LogP contribution in [0.5, 0.6) is 0 Å². The van der Waals surface area contributed by atoms with Crippen LogP contribution in [-0.4, -0.2) is 60.7 Å². The van der Waals surface area contributed by atoms with Crippen molar-refractivity contribution in [2.24, 2.45) is 0 Å². The summed E-state index contributed by atoms with van der Waals surface area (Å²) in [5, 5.41) is -0.498. The molecule has 2 saturated heterocycles. The summed E-state index contributed by atoms with van der Waals surface area (Å²) in [6.07, 6.45) is 3.29. The summed E-state index contributed by atoms with van der Waals surface area (Å²) in [5.41, 5.74) is 2.60. The van der Waals surface area contributed by atoms with Crippen LogP contribution in [0.1, 0.15) is 43.2 Å². The molecule has 2 fully saturated rings. The number of hydrogen-bond donors (Lipinski definition) is 0. The van der Waals surface area contributed by atoms with Crippen molar-refractivity contribution in [1.29, 1.82) is 0 Å². The number of nitrogens with zero attached hydrogens (tertiary/aromatic N) is 4. The predicted molar refractivity (Wildman–Crippen MR) is 121 cm³/mol. The molecule has 0 radical (unpaired) electrons. The van der Waals surface area contributed by atoms with Crippen LogP contribution in [-0.2, 0) is 21.4 Å². The SMILES string of the molecule is CC(=O)N1CCN(c2ccc(CN3[C@@H](C)CCC(c4ccccc4)S3(=O)=O)nc2)CC1. The Morgan fingerprint density at radius 2 is 1.74 bits per heavy atom. The summed E-state index contributed by atoms with van der Waals surface area (Å²) in [7, 11) is -3.46. The molecule has 1 amide bonds. The van der Waals surface area contributed by atoms with Gasteiger partial charge >= 0.3 is 0 Å². The summed E-state index contributed by atoms with van der Waals surface area (Å²) in [5.74, 6) is 0.110. The average Bonchev–Trinajstić information content (AvgIpc) is 2.77. The molecule has 2 atom stereocenters. The minimum atomic E-state index is -3.46. The summed E-state index contributed by atoms with van der Waals surface area (Å²) < 4.78 is 28.4. The van der Waals surface area contributed by atoms with E-state index in [2.05, 4.69) is 9.88 Å². The number of piperazine rings is 1. The van der Waals surface area contributed by atoms with Crippen LogP contribution < -0.4 is 4.90 Å². The van der Waals surface area contributed by atoms with Gasteiger partial charge in [0.15, 0.2) is 0 Å². The van der Waals surface area contributed by atoms with E-state index in [4.69, 9.17) is 0 Å². The molecule has 7 nitrogen and oxygen atoms in total. The lowest BCUT2D eigenvalue weighted by Crippen LogP contribution is -2.48. The van der Waals surface area contributed by atoms with Crippen LogP contribution in [0.3, 0.4) is 0 Å². The molecule has 0 N–H and O–H groups in total. The highest BCUT2D eigenvalue weighted by atomic mass is 32.2. The molecule has 3 heterocycles. The Labute approximate surface area is 184 Å². The third kappa shape index (κ3) is 4.60. The second kappa shape index (κ2) is 8.96. The van der Waals surface area contributed by atoms with Gasteiger partial charge in [0.25, 0.3) is 0 Å². The molecule has 4 rings (SSSR count). The molecule has 0 aliphatic carbocycles. The quantitative estimate of drug-likeness (QED) is 0.728. The maximum absolute atomic E-state index is 13.4. The van der Waals surface area contributed by atoms with Crippen molar-refractivity contribution in [3.8, 4) is 0 Å². The van der Waals surface area contributed by atoms with E-state index in [9.17, 15) is 13.2 Å². The first-order valence-corrected chi connectivity index (χ1v) is 12.4. The zero-order valence-electron chi connectivity index (χ0n) is 18.1. The molecule has 1 aromatic heterocycles. The van der Waals surface area contributed by atoms with Gasteiger partial charge in [0, 0.05) is 39.1 Å². The van der Waals surface area contributed by atoms with E-state index in [1.165, 1.54) is 0 Å². The molecule has 31 heavy (non-hydrogen) atoms. The van der Waals surface area contributed by atoms with Crippen LogP contribution in [0.25, 0.3) is 0 Å². The van der Waals surface area contributed by atoms with Gasteiger partial charge < -0.3 is 9.80 Å². The van der Waals surface area contributed by atoms with Gasteiger partial charge in [-0.3, -0.25) is 9.78 Å². The molecular weight excluding hydrogens is 412 g/mol. The van der Waals surface area contributed by atoms with Crippen LogP contribution in [0.2, 0.25) is 0 Å². The van der Waals surface area contributed by atoms with E-state index in [1.54, 1.807) is 11.2 Å². The highest BCUT2D eigenvalue weighted by Gasteiger charge is 2.40. The lowest BCUT2D eigenvalue weighted by Gasteiger charge is -2.37. The molecule has 0 spiro atoms. The van der Waals surface area contributed by atoms with Crippen molar-refractivity contribution >= 4 is 21.6 Å². The fourth-order valence-corrected chi connectivity index (χ4v) is 6.67. The van der Waals surface area contributed by atoms with Crippen molar-refractivity contribution in [3.05, 3.63) is 59.9 Å². The number of aromatic nitrogens is 1. The Hall–Kier alpha value is -2.45. The predicted octanol–water partition coefficient (Wildman–Crippen LogP) is 2.81. The summed E-state index contributed by atoms with van der Waals surface area (Å²) in [6.45, 7) is 6.83. The standard InChI is InChI=1S/C23H30N4O3S/c1-18-8-11-23(20-6-4-3-5-7-20)31(29,30)27(18)17-21-9-10-22(16-24-21)26-14-12-25(13-15-26)19(2)28/h3-7,9-10,16,18,23H,8,11-15,17H2,1-2H3/t18-,23?/m0/s1. The number of pyridine rings is 1. The summed E-state index contributed by atoms with van der Waals surface area (Å²) >= 11 is 0. The molecule has 2 aliphatic rings. The number of benzene rings is 1. The molecule has 1 unspecified atom stereocenters. The van der Waals surface area contributed by atoms with E-state index in [0.717, 1.165) is 36.5 Å². The molecule has 166 valence electrons. The minimum absolute atomic E-state index is 0.0499. The second-order valence-corrected chi connectivity index (χ2v) is 10.5. The average molecular weight is 443 g/mol. The topological polar surface area (TPSA) is 73.8 Å². The lowest BCUT2D eigenvalue weighted by molar-refractivity contribution is -0.129. The Kier molecular flexibility index (Phi) is 6.29. The number of carbonyl (C=O) groups excluding carboxylic acids is 1. The zero-order chi connectivity index (χ0) is 22.0. The normalized spacial score (nSPS) is 24.2. The van der Waals surface area contributed by atoms with E-state index < -0.39 is 15.3 Å². The maximum atomic E-state index is 13.4. The van der Waals surface area contributed by atoms with Crippen molar-refractivity contribution < 1.29 is 13.2 Å². The minimum Gasteiger partial charge on any atom is -0.367 e. The van der Waals surface area contributed by atoms with Crippen LogP contribution in [0.15, 0.2) is 48.7 Å². The second-order valence-electron chi connectivity index (χ2n) is 8.42. The third-order valence-electron chi connectivity index (χ3n) is 6.41. The number of rotatable bonds is 4. The zero-order valence-corrected chi connectivity index (χ0v) is 19.0. The van der Waals surface area contributed by atoms with Gasteiger partial charge in [0.05, 0.1) is 24.1 Å². The number of sulfonamides is 1. The van der Waals surface area contributed by atoms with Gasteiger partial charge in [0.2, 0.25) is 15.9 Å². The molecule has 1 aromatic carbocycles. The molecule has 8 heteroatoms. The Morgan fingerprint density at radius 1 is 1.03 bits per heavy atom. The first kappa shape index (κ1) is 21.8. The number of anilines is 1. The van der Waals surface area contributed by atoms with Gasteiger partial charge in [-0.25, -0.2) is 8.42 Å². The Bertz CT molecular complexity index is 1000. The highest BCUT2D eigenvalue weighted by molar-refractivity contribution is 7.89.